The van der Waals surface area contributed by atoms with Gasteiger partial charge in [0.05, 0.1) is 23.6 Å². The van der Waals surface area contributed by atoms with Crippen LogP contribution in [0.25, 0.3) is 0 Å². The van der Waals surface area contributed by atoms with Gasteiger partial charge in [0.1, 0.15) is 5.69 Å². The Morgan fingerprint density at radius 2 is 2.26 bits per heavy atom. The molecule has 2 aliphatic heterocycles. The van der Waals surface area contributed by atoms with Crippen LogP contribution >= 0.6 is 11.3 Å². The van der Waals surface area contributed by atoms with E-state index in [2.05, 4.69) is 15.2 Å². The maximum atomic E-state index is 12.4. The lowest BCUT2D eigenvalue weighted by molar-refractivity contribution is 0.0335. The Bertz CT molecular complexity index is 714. The van der Waals surface area contributed by atoms with Crippen molar-refractivity contribution in [2.24, 2.45) is 5.92 Å². The highest BCUT2D eigenvalue weighted by atomic mass is 32.1. The molecular formula is C15H18N4O3S. The van der Waals surface area contributed by atoms with Crippen LogP contribution in [0, 0.1) is 19.8 Å². The third-order valence-electron chi connectivity index (χ3n) is 4.41. The summed E-state index contributed by atoms with van der Waals surface area (Å²) < 4.78 is 11.5. The number of carbonyl (C=O) groups is 1. The number of thiazole rings is 1. The third kappa shape index (κ3) is 2.88. The molecule has 0 saturated carbocycles. The Morgan fingerprint density at radius 1 is 1.39 bits per heavy atom. The van der Waals surface area contributed by atoms with E-state index >= 15 is 0 Å². The summed E-state index contributed by atoms with van der Waals surface area (Å²) in [6, 6.07) is 0. The number of fused-ring (bicyclic) bond motifs is 1. The molecule has 0 aliphatic carbocycles. The van der Waals surface area contributed by atoms with Crippen molar-refractivity contribution in [3.05, 3.63) is 27.9 Å². The number of hydrogen-bond acceptors (Lipinski definition) is 7. The summed E-state index contributed by atoms with van der Waals surface area (Å²) in [5.41, 5.74) is 0.547. The van der Waals surface area contributed by atoms with Crippen LogP contribution in [0.1, 0.15) is 33.7 Å². The van der Waals surface area contributed by atoms with E-state index in [0.29, 0.717) is 36.4 Å². The van der Waals surface area contributed by atoms with Crippen LogP contribution in [0.2, 0.25) is 0 Å². The van der Waals surface area contributed by atoms with Crippen LogP contribution in [0.15, 0.2) is 9.80 Å². The first kappa shape index (κ1) is 14.8. The van der Waals surface area contributed by atoms with Gasteiger partial charge in [-0.25, -0.2) is 4.98 Å². The maximum absolute atomic E-state index is 12.4. The molecule has 7 nitrogen and oxygen atoms in total. The number of hydrogen-bond donors (Lipinski definition) is 0. The molecule has 0 aromatic carbocycles. The Kier molecular flexibility index (Phi) is 3.65. The monoisotopic (exact) mass is 334 g/mol. The number of nitrogens with zero attached hydrogens (tertiary/aromatic N) is 4. The van der Waals surface area contributed by atoms with Gasteiger partial charge in [-0.3, -0.25) is 4.79 Å². The van der Waals surface area contributed by atoms with Crippen LogP contribution in [-0.2, 0) is 11.2 Å². The molecule has 0 N–H and O–H groups in total. The second-order valence-corrected chi connectivity index (χ2v) is 7.24. The number of ether oxygens (including phenoxy) is 1. The molecule has 2 aliphatic rings. The highest BCUT2D eigenvalue weighted by Gasteiger charge is 2.44. The van der Waals surface area contributed by atoms with Crippen molar-refractivity contribution in [1.82, 2.24) is 20.1 Å². The summed E-state index contributed by atoms with van der Waals surface area (Å²) in [6.07, 6.45) is 1.77. The first-order valence-electron chi connectivity index (χ1n) is 7.74. The summed E-state index contributed by atoms with van der Waals surface area (Å²) in [6.45, 7) is 5.07. The predicted molar refractivity (Wildman–Crippen MR) is 82.3 cm³/mol. The lowest BCUT2D eigenvalue weighted by atomic mass is 10.0. The van der Waals surface area contributed by atoms with Gasteiger partial charge in [-0.1, -0.05) is 0 Å². The Balaban J connectivity index is 1.35. The van der Waals surface area contributed by atoms with Gasteiger partial charge in [0, 0.05) is 31.3 Å². The van der Waals surface area contributed by atoms with Gasteiger partial charge in [-0.2, -0.15) is 0 Å². The first-order valence-corrected chi connectivity index (χ1v) is 8.62. The maximum Gasteiger partial charge on any atom is 0.273 e. The molecule has 2 fully saturated rings. The normalized spacial score (nSPS) is 26.7. The quantitative estimate of drug-likeness (QED) is 0.848. The molecule has 0 radical (unpaired) electrons. The predicted octanol–water partition coefficient (Wildman–Crippen LogP) is 1.62. The van der Waals surface area contributed by atoms with Crippen LogP contribution in [-0.4, -0.2) is 51.3 Å². The smallest absolute Gasteiger partial charge is 0.273 e. The average molecular weight is 334 g/mol. The summed E-state index contributed by atoms with van der Waals surface area (Å²) >= 11 is 1.50. The third-order valence-corrected chi connectivity index (χ3v) is 5.18. The number of amides is 1. The number of aromatic nitrogens is 3. The van der Waals surface area contributed by atoms with Crippen LogP contribution in [0.4, 0.5) is 0 Å². The van der Waals surface area contributed by atoms with Gasteiger partial charge >= 0.3 is 0 Å². The topological polar surface area (TPSA) is 81.4 Å². The molecule has 4 rings (SSSR count). The minimum atomic E-state index is 0.0106. The molecule has 0 bridgehead atoms. The first-order chi connectivity index (χ1) is 11.1. The lowest BCUT2D eigenvalue weighted by Gasteiger charge is -2.18. The van der Waals surface area contributed by atoms with Crippen molar-refractivity contribution in [1.29, 1.82) is 0 Å². The molecule has 0 spiro atoms. The van der Waals surface area contributed by atoms with E-state index in [4.69, 9.17) is 9.15 Å². The molecular weight excluding hydrogens is 316 g/mol. The summed E-state index contributed by atoms with van der Waals surface area (Å²) in [5, 5.41) is 10.6. The lowest BCUT2D eigenvalue weighted by Crippen LogP contribution is -2.31. The van der Waals surface area contributed by atoms with Crippen molar-refractivity contribution < 1.29 is 13.9 Å². The van der Waals surface area contributed by atoms with Gasteiger partial charge < -0.3 is 14.1 Å². The van der Waals surface area contributed by atoms with E-state index in [9.17, 15) is 4.79 Å². The number of rotatable bonds is 3. The molecule has 8 heteroatoms. The van der Waals surface area contributed by atoms with E-state index in [0.717, 1.165) is 18.0 Å². The van der Waals surface area contributed by atoms with Gasteiger partial charge in [-0.15, -0.1) is 21.5 Å². The van der Waals surface area contributed by atoms with E-state index in [-0.39, 0.29) is 18.1 Å². The largest absolute Gasteiger partial charge is 0.426 e. The second kappa shape index (κ2) is 5.68. The molecule has 0 unspecified atom stereocenters. The Morgan fingerprint density at radius 3 is 2.91 bits per heavy atom. The highest BCUT2D eigenvalue weighted by molar-refractivity contribution is 7.09. The van der Waals surface area contributed by atoms with E-state index in [1.165, 1.54) is 11.3 Å². The van der Waals surface area contributed by atoms with Crippen LogP contribution in [0.5, 0.6) is 0 Å². The van der Waals surface area contributed by atoms with E-state index in [1.807, 2.05) is 17.2 Å². The fraction of sp³-hybridized carbons (Fsp3) is 0.600. The molecule has 3 atom stereocenters. The minimum absolute atomic E-state index is 0.0106. The van der Waals surface area contributed by atoms with Gasteiger partial charge in [0.2, 0.25) is 11.8 Å². The van der Waals surface area contributed by atoms with Crippen molar-refractivity contribution in [2.45, 2.75) is 38.9 Å². The number of likely N-dealkylation sites (tertiary alicyclic amines) is 1. The second-order valence-electron chi connectivity index (χ2n) is 6.17. The van der Waals surface area contributed by atoms with E-state index < -0.39 is 0 Å². The fourth-order valence-electron chi connectivity index (χ4n) is 3.40. The van der Waals surface area contributed by atoms with Crippen molar-refractivity contribution >= 4 is 17.2 Å². The highest BCUT2D eigenvalue weighted by Crippen LogP contribution is 2.34. The Hall–Kier alpha value is -1.80. The van der Waals surface area contributed by atoms with Crippen molar-refractivity contribution in [3.63, 3.8) is 0 Å². The number of aryl methyl sites for hydroxylation is 2. The van der Waals surface area contributed by atoms with E-state index in [1.54, 1.807) is 6.92 Å². The molecule has 4 heterocycles. The minimum Gasteiger partial charge on any atom is -0.426 e. The van der Waals surface area contributed by atoms with Gasteiger partial charge in [0.25, 0.3) is 5.91 Å². The van der Waals surface area contributed by atoms with Crippen LogP contribution < -0.4 is 0 Å². The molecule has 23 heavy (non-hydrogen) atoms. The van der Waals surface area contributed by atoms with Crippen molar-refractivity contribution in [3.8, 4) is 0 Å². The van der Waals surface area contributed by atoms with Gasteiger partial charge in [-0.05, 0) is 13.3 Å². The zero-order valence-corrected chi connectivity index (χ0v) is 13.9. The number of carbonyl (C=O) groups excluding carboxylic acids is 1. The molecule has 2 aromatic rings. The average Bonchev–Trinajstić information content (AvgIpc) is 3.23. The van der Waals surface area contributed by atoms with Crippen LogP contribution in [0.3, 0.4) is 0 Å². The molecule has 1 amide bonds. The van der Waals surface area contributed by atoms with Crippen molar-refractivity contribution in [2.75, 3.05) is 13.1 Å². The fourth-order valence-corrected chi connectivity index (χ4v) is 3.98. The molecule has 2 saturated heterocycles. The summed E-state index contributed by atoms with van der Waals surface area (Å²) in [7, 11) is 0. The summed E-state index contributed by atoms with van der Waals surface area (Å²) in [4.78, 5) is 18.6. The zero-order chi connectivity index (χ0) is 16.0. The standard InChI is InChI=1S/C15H18N4O3S/c1-8-17-18-14(21-8)4-11-3-10-5-19(6-13(10)22-11)15(20)12-7-23-9(2)16-12/h7,10-11,13H,3-6H2,1-2H3/t10-,11+,13+/m0/s1. The molecule has 2 aromatic heterocycles. The Labute approximate surface area is 137 Å². The van der Waals surface area contributed by atoms with Gasteiger partial charge in [0.15, 0.2) is 0 Å². The SMILES string of the molecule is Cc1nnc(C[C@H]2C[C@H]3CN(C(=O)c4csc(C)n4)C[C@H]3O2)o1. The zero-order valence-electron chi connectivity index (χ0n) is 13.1. The molecule has 122 valence electrons. The summed E-state index contributed by atoms with van der Waals surface area (Å²) in [5.74, 6) is 1.59.